The molecule has 0 aromatic carbocycles. The second kappa shape index (κ2) is 3.78. The lowest BCUT2D eigenvalue weighted by atomic mass is 9.98. The number of sulfone groups is 1. The van der Waals surface area contributed by atoms with E-state index in [2.05, 4.69) is 11.1 Å². The highest BCUT2D eigenvalue weighted by Gasteiger charge is 2.30. The van der Waals surface area contributed by atoms with Gasteiger partial charge in [-0.2, -0.15) is 0 Å². The highest BCUT2D eigenvalue weighted by Crippen LogP contribution is 2.30. The van der Waals surface area contributed by atoms with Crippen LogP contribution in [0.15, 0.2) is 12.3 Å². The van der Waals surface area contributed by atoms with Crippen LogP contribution in [0, 0.1) is 0 Å². The molecule has 92 valence electrons. The molecule has 1 aromatic rings. The summed E-state index contributed by atoms with van der Waals surface area (Å²) in [5.74, 6) is 0.725. The average Bonchev–Trinajstić information content (AvgIpc) is 2.78. The number of fused-ring (bicyclic) bond motifs is 1. The smallest absolute Gasteiger partial charge is 0.150 e. The van der Waals surface area contributed by atoms with Crippen LogP contribution >= 0.6 is 0 Å². The van der Waals surface area contributed by atoms with Crippen molar-refractivity contribution in [1.29, 1.82) is 0 Å². The number of hydrogen-bond acceptors (Lipinski definition) is 4. The zero-order chi connectivity index (χ0) is 12.0. The summed E-state index contributed by atoms with van der Waals surface area (Å²) in [5.41, 5.74) is 9.26. The van der Waals surface area contributed by atoms with Gasteiger partial charge >= 0.3 is 0 Å². The molecule has 1 aliphatic heterocycles. The fourth-order valence-corrected chi connectivity index (χ4v) is 4.58. The van der Waals surface area contributed by atoms with Crippen LogP contribution in [-0.2, 0) is 22.7 Å². The summed E-state index contributed by atoms with van der Waals surface area (Å²) < 4.78 is 22.9. The molecule has 0 amide bonds. The van der Waals surface area contributed by atoms with Gasteiger partial charge in [0.2, 0.25) is 0 Å². The van der Waals surface area contributed by atoms with Crippen molar-refractivity contribution < 1.29 is 8.42 Å². The summed E-state index contributed by atoms with van der Waals surface area (Å²) in [6, 6.07) is 2.29. The van der Waals surface area contributed by atoms with Crippen molar-refractivity contribution in [1.82, 2.24) is 4.98 Å². The van der Waals surface area contributed by atoms with Gasteiger partial charge in [0.25, 0.3) is 0 Å². The fourth-order valence-electron chi connectivity index (χ4n) is 2.80. The van der Waals surface area contributed by atoms with Crippen molar-refractivity contribution in [3.8, 4) is 0 Å². The van der Waals surface area contributed by atoms with Gasteiger partial charge in [0.05, 0.1) is 11.5 Å². The van der Waals surface area contributed by atoms with Crippen LogP contribution in [0.1, 0.15) is 29.2 Å². The third-order valence-corrected chi connectivity index (χ3v) is 5.49. The number of aromatic nitrogens is 1. The molecule has 2 heterocycles. The predicted molar refractivity (Wildman–Crippen MR) is 65.6 cm³/mol. The Morgan fingerprint density at radius 3 is 2.88 bits per heavy atom. The van der Waals surface area contributed by atoms with E-state index in [1.165, 1.54) is 5.56 Å². The Morgan fingerprint density at radius 1 is 1.35 bits per heavy atom. The summed E-state index contributed by atoms with van der Waals surface area (Å²) >= 11 is 0. The minimum atomic E-state index is -2.82. The maximum atomic E-state index is 11.5. The number of pyridine rings is 1. The quantitative estimate of drug-likeness (QED) is 0.785. The Hall–Kier alpha value is -0.940. The fraction of sp³-hybridized carbons (Fsp3) is 0.583. The summed E-state index contributed by atoms with van der Waals surface area (Å²) in [7, 11) is -2.82. The monoisotopic (exact) mass is 252 g/mol. The molecule has 2 atom stereocenters. The molecule has 5 heteroatoms. The van der Waals surface area contributed by atoms with E-state index < -0.39 is 9.84 Å². The van der Waals surface area contributed by atoms with Crippen LogP contribution in [0.5, 0.6) is 0 Å². The molecule has 3 rings (SSSR count). The van der Waals surface area contributed by atoms with E-state index in [0.29, 0.717) is 5.75 Å². The van der Waals surface area contributed by atoms with Crippen molar-refractivity contribution in [2.45, 2.75) is 31.2 Å². The first kappa shape index (κ1) is 11.2. The molecule has 1 fully saturated rings. The number of hydrogen-bond donors (Lipinski definition) is 1. The van der Waals surface area contributed by atoms with Gasteiger partial charge in [0.1, 0.15) is 0 Å². The maximum absolute atomic E-state index is 11.5. The van der Waals surface area contributed by atoms with E-state index in [4.69, 9.17) is 5.73 Å². The third-order valence-electron chi connectivity index (χ3n) is 3.72. The Kier molecular flexibility index (Phi) is 2.48. The van der Waals surface area contributed by atoms with Crippen molar-refractivity contribution >= 4 is 9.84 Å². The Labute approximate surface area is 101 Å². The van der Waals surface area contributed by atoms with Crippen molar-refractivity contribution in [2.75, 3.05) is 11.5 Å². The SMILES string of the molecule is NC1Cc2cc(C3CCS(=O)(=O)C3)cnc2C1. The standard InChI is InChI=1S/C12H16N2O2S/c13-11-4-9-3-10(6-14-12(9)5-11)8-1-2-17(15,16)7-8/h3,6,8,11H,1-2,4-5,7,13H2. The second-order valence-electron chi connectivity index (χ2n) is 5.14. The Bertz CT molecular complexity index is 554. The number of nitrogens with zero attached hydrogens (tertiary/aromatic N) is 1. The van der Waals surface area contributed by atoms with Gasteiger partial charge < -0.3 is 5.73 Å². The first-order valence-corrected chi connectivity index (χ1v) is 7.79. The zero-order valence-electron chi connectivity index (χ0n) is 9.59. The summed E-state index contributed by atoms with van der Waals surface area (Å²) in [5, 5.41) is 0. The molecule has 0 radical (unpaired) electrons. The topological polar surface area (TPSA) is 73.1 Å². The molecule has 0 bridgehead atoms. The van der Waals surface area contributed by atoms with E-state index in [1.54, 1.807) is 0 Å². The Balaban J connectivity index is 1.89. The first-order chi connectivity index (χ1) is 8.03. The average molecular weight is 252 g/mol. The predicted octanol–water partition coefficient (Wildman–Crippen LogP) is 0.410. The van der Waals surface area contributed by atoms with Gasteiger partial charge in [0.15, 0.2) is 9.84 Å². The molecule has 1 aromatic heterocycles. The molecular formula is C12H16N2O2S. The highest BCUT2D eigenvalue weighted by atomic mass is 32.2. The normalized spacial score (nSPS) is 30.4. The molecule has 0 saturated carbocycles. The minimum Gasteiger partial charge on any atom is -0.327 e. The summed E-state index contributed by atoms with van der Waals surface area (Å²) in [6.45, 7) is 0. The second-order valence-corrected chi connectivity index (χ2v) is 7.37. The zero-order valence-corrected chi connectivity index (χ0v) is 10.4. The molecule has 0 spiro atoms. The molecule has 2 aliphatic rings. The van der Waals surface area contributed by atoms with E-state index in [9.17, 15) is 8.42 Å². The summed E-state index contributed by atoms with van der Waals surface area (Å²) in [6.07, 6.45) is 4.28. The molecule has 2 N–H and O–H groups in total. The van der Waals surface area contributed by atoms with Gasteiger partial charge in [-0.05, 0) is 24.0 Å². The molecule has 2 unspecified atom stereocenters. The van der Waals surface area contributed by atoms with Crippen LogP contribution in [-0.4, -0.2) is 30.9 Å². The number of nitrogens with two attached hydrogens (primary N) is 1. The van der Waals surface area contributed by atoms with Gasteiger partial charge in [-0.1, -0.05) is 6.07 Å². The Morgan fingerprint density at radius 2 is 2.18 bits per heavy atom. The van der Waals surface area contributed by atoms with E-state index in [0.717, 1.165) is 30.5 Å². The number of rotatable bonds is 1. The third kappa shape index (κ3) is 2.09. The maximum Gasteiger partial charge on any atom is 0.150 e. The molecule has 17 heavy (non-hydrogen) atoms. The van der Waals surface area contributed by atoms with Crippen LogP contribution in [0.3, 0.4) is 0 Å². The molecule has 1 aliphatic carbocycles. The van der Waals surface area contributed by atoms with Gasteiger partial charge in [-0.15, -0.1) is 0 Å². The largest absolute Gasteiger partial charge is 0.327 e. The van der Waals surface area contributed by atoms with E-state index in [1.807, 2.05) is 6.20 Å². The van der Waals surface area contributed by atoms with E-state index >= 15 is 0 Å². The molecule has 1 saturated heterocycles. The molecular weight excluding hydrogens is 236 g/mol. The lowest BCUT2D eigenvalue weighted by Crippen LogP contribution is -2.19. The van der Waals surface area contributed by atoms with Crippen molar-refractivity contribution in [2.24, 2.45) is 5.73 Å². The van der Waals surface area contributed by atoms with E-state index in [-0.39, 0.29) is 17.7 Å². The van der Waals surface area contributed by atoms with Gasteiger partial charge in [-0.3, -0.25) is 4.98 Å². The lowest BCUT2D eigenvalue weighted by molar-refractivity contribution is 0.601. The summed E-state index contributed by atoms with van der Waals surface area (Å²) in [4.78, 5) is 4.43. The van der Waals surface area contributed by atoms with Crippen LogP contribution in [0.2, 0.25) is 0 Å². The van der Waals surface area contributed by atoms with Crippen LogP contribution in [0.25, 0.3) is 0 Å². The highest BCUT2D eigenvalue weighted by molar-refractivity contribution is 7.91. The molecule has 4 nitrogen and oxygen atoms in total. The van der Waals surface area contributed by atoms with Gasteiger partial charge in [0, 0.05) is 30.3 Å². The van der Waals surface area contributed by atoms with Crippen LogP contribution in [0.4, 0.5) is 0 Å². The van der Waals surface area contributed by atoms with Crippen LogP contribution < -0.4 is 5.73 Å². The van der Waals surface area contributed by atoms with Gasteiger partial charge in [-0.25, -0.2) is 8.42 Å². The first-order valence-electron chi connectivity index (χ1n) is 5.97. The van der Waals surface area contributed by atoms with Crippen molar-refractivity contribution in [3.05, 3.63) is 29.1 Å². The van der Waals surface area contributed by atoms with Crippen molar-refractivity contribution in [3.63, 3.8) is 0 Å². The lowest BCUT2D eigenvalue weighted by Gasteiger charge is -2.09. The minimum absolute atomic E-state index is 0.134.